The molecule has 1 saturated heterocycles. The number of rotatable bonds is 4. The molecule has 0 radical (unpaired) electrons. The second-order valence-corrected chi connectivity index (χ2v) is 4.97. The number of morpholine rings is 1. The number of aromatic amines is 1. The van der Waals surface area contributed by atoms with Gasteiger partial charge in [-0.15, -0.1) is 12.4 Å². The van der Waals surface area contributed by atoms with Gasteiger partial charge in [0.05, 0.1) is 24.2 Å². The molecule has 8 heteroatoms. The van der Waals surface area contributed by atoms with Crippen molar-refractivity contribution in [3.8, 4) is 0 Å². The average molecular weight is 327 g/mol. The maximum Gasteiger partial charge on any atom is 0.326 e. The van der Waals surface area contributed by atoms with Gasteiger partial charge < -0.3 is 20.4 Å². The Morgan fingerprint density at radius 3 is 3.00 bits per heavy atom. The molecule has 7 nitrogen and oxygen atoms in total. The number of nitrogens with zero attached hydrogens (tertiary/aromatic N) is 1. The normalized spacial score (nSPS) is 17.9. The van der Waals surface area contributed by atoms with Crippen LogP contribution in [0.1, 0.15) is 0 Å². The van der Waals surface area contributed by atoms with Gasteiger partial charge in [-0.3, -0.25) is 9.36 Å². The maximum atomic E-state index is 11.9. The van der Waals surface area contributed by atoms with Crippen LogP contribution in [-0.2, 0) is 16.1 Å². The van der Waals surface area contributed by atoms with E-state index in [0.717, 1.165) is 11.0 Å². The van der Waals surface area contributed by atoms with Crippen molar-refractivity contribution in [1.29, 1.82) is 0 Å². The van der Waals surface area contributed by atoms with Crippen molar-refractivity contribution in [3.05, 3.63) is 34.7 Å². The quantitative estimate of drug-likeness (QED) is 0.729. The summed E-state index contributed by atoms with van der Waals surface area (Å²) in [6, 6.07) is 7.19. The third-order valence-corrected chi connectivity index (χ3v) is 3.55. The number of para-hydroxylation sites is 2. The number of carbonyl (C=O) groups is 1. The average Bonchev–Trinajstić information content (AvgIpc) is 2.84. The van der Waals surface area contributed by atoms with Crippen molar-refractivity contribution in [2.75, 3.05) is 26.3 Å². The SMILES string of the molecule is Cl.O=C(NCCn1c(=O)[nH]c2ccccc21)C1COCCN1. The Hall–Kier alpha value is -1.83. The molecule has 120 valence electrons. The number of fused-ring (bicyclic) bond motifs is 1. The van der Waals surface area contributed by atoms with Gasteiger partial charge >= 0.3 is 5.69 Å². The molecule has 0 saturated carbocycles. The third-order valence-electron chi connectivity index (χ3n) is 3.55. The summed E-state index contributed by atoms with van der Waals surface area (Å²) in [5, 5.41) is 5.92. The second-order valence-electron chi connectivity index (χ2n) is 4.97. The smallest absolute Gasteiger partial charge is 0.326 e. The monoisotopic (exact) mass is 326 g/mol. The number of halogens is 1. The first kappa shape index (κ1) is 16.5. The van der Waals surface area contributed by atoms with E-state index in [1.54, 1.807) is 4.57 Å². The molecular formula is C14H19ClN4O3. The van der Waals surface area contributed by atoms with Crippen molar-refractivity contribution in [2.45, 2.75) is 12.6 Å². The Kier molecular flexibility index (Phi) is 5.59. The lowest BCUT2D eigenvalue weighted by Crippen LogP contribution is -2.51. The summed E-state index contributed by atoms with van der Waals surface area (Å²) in [6.07, 6.45) is 0. The van der Waals surface area contributed by atoms with E-state index in [9.17, 15) is 9.59 Å². The molecule has 22 heavy (non-hydrogen) atoms. The van der Waals surface area contributed by atoms with Crippen LogP contribution in [0.25, 0.3) is 11.0 Å². The van der Waals surface area contributed by atoms with E-state index in [2.05, 4.69) is 15.6 Å². The van der Waals surface area contributed by atoms with Crippen LogP contribution in [0, 0.1) is 0 Å². The standard InChI is InChI=1S/C14H18N4O3.ClH/c19-13(11-9-21-8-6-15-11)16-5-7-18-12-4-2-1-3-10(12)17-14(18)20;/h1-4,11,15H,5-9H2,(H,16,19)(H,17,20);1H. The number of imidazole rings is 1. The van der Waals surface area contributed by atoms with E-state index in [1.807, 2.05) is 24.3 Å². The van der Waals surface area contributed by atoms with Gasteiger partial charge in [-0.25, -0.2) is 4.79 Å². The minimum Gasteiger partial charge on any atom is -0.378 e. The summed E-state index contributed by atoms with van der Waals surface area (Å²) in [5.41, 5.74) is 1.48. The van der Waals surface area contributed by atoms with E-state index >= 15 is 0 Å². The molecule has 1 atom stereocenters. The summed E-state index contributed by atoms with van der Waals surface area (Å²) in [5.74, 6) is -0.0948. The lowest BCUT2D eigenvalue weighted by molar-refractivity contribution is -0.125. The highest BCUT2D eigenvalue weighted by Crippen LogP contribution is 2.08. The molecule has 0 bridgehead atoms. The third kappa shape index (κ3) is 3.49. The zero-order valence-electron chi connectivity index (χ0n) is 12.0. The molecule has 3 rings (SSSR count). The molecular weight excluding hydrogens is 308 g/mol. The predicted molar refractivity (Wildman–Crippen MR) is 85.4 cm³/mol. The summed E-state index contributed by atoms with van der Waals surface area (Å²) >= 11 is 0. The van der Waals surface area contributed by atoms with Crippen molar-refractivity contribution in [3.63, 3.8) is 0 Å². The Balaban J connectivity index is 0.00000176. The minimum absolute atomic E-state index is 0. The largest absolute Gasteiger partial charge is 0.378 e. The highest BCUT2D eigenvalue weighted by atomic mass is 35.5. The van der Waals surface area contributed by atoms with Gasteiger partial charge in [-0.1, -0.05) is 12.1 Å². The highest BCUT2D eigenvalue weighted by Gasteiger charge is 2.20. The molecule has 2 aromatic rings. The predicted octanol–water partition coefficient (Wildman–Crippen LogP) is -0.144. The fraction of sp³-hybridized carbons (Fsp3) is 0.429. The Morgan fingerprint density at radius 1 is 1.41 bits per heavy atom. The molecule has 1 fully saturated rings. The number of aromatic nitrogens is 2. The van der Waals surface area contributed by atoms with E-state index in [-0.39, 0.29) is 30.0 Å². The molecule has 1 aliphatic heterocycles. The van der Waals surface area contributed by atoms with E-state index < -0.39 is 0 Å². The number of nitrogens with one attached hydrogen (secondary N) is 3. The summed E-state index contributed by atoms with van der Waals surface area (Å²) in [6.45, 7) is 2.54. The van der Waals surface area contributed by atoms with Crippen LogP contribution in [0.15, 0.2) is 29.1 Å². The molecule has 3 N–H and O–H groups in total. The minimum atomic E-state index is -0.307. The summed E-state index contributed by atoms with van der Waals surface area (Å²) in [4.78, 5) is 26.6. The number of H-pyrrole nitrogens is 1. The van der Waals surface area contributed by atoms with Gasteiger partial charge in [-0.05, 0) is 12.1 Å². The van der Waals surface area contributed by atoms with Crippen LogP contribution in [0.4, 0.5) is 0 Å². The molecule has 2 heterocycles. The van der Waals surface area contributed by atoms with Gasteiger partial charge in [0, 0.05) is 19.6 Å². The molecule has 1 unspecified atom stereocenters. The fourth-order valence-electron chi connectivity index (χ4n) is 2.48. The van der Waals surface area contributed by atoms with Crippen molar-refractivity contribution < 1.29 is 9.53 Å². The Bertz CT molecular complexity index is 691. The van der Waals surface area contributed by atoms with E-state index in [1.165, 1.54) is 0 Å². The van der Waals surface area contributed by atoms with Crippen LogP contribution in [0.5, 0.6) is 0 Å². The first-order valence-electron chi connectivity index (χ1n) is 7.02. The van der Waals surface area contributed by atoms with Gasteiger partial charge in [0.15, 0.2) is 0 Å². The number of hydrogen-bond acceptors (Lipinski definition) is 4. The second kappa shape index (κ2) is 7.44. The molecule has 1 amide bonds. The number of carbonyl (C=O) groups excluding carboxylic acids is 1. The number of ether oxygens (including phenoxy) is 1. The lowest BCUT2D eigenvalue weighted by atomic mass is 10.2. The topological polar surface area (TPSA) is 88.2 Å². The van der Waals surface area contributed by atoms with Gasteiger partial charge in [-0.2, -0.15) is 0 Å². The van der Waals surface area contributed by atoms with E-state index in [4.69, 9.17) is 4.74 Å². The van der Waals surface area contributed by atoms with Crippen LogP contribution < -0.4 is 16.3 Å². The molecule has 1 aromatic heterocycles. The van der Waals surface area contributed by atoms with Crippen molar-refractivity contribution >= 4 is 29.3 Å². The van der Waals surface area contributed by atoms with Gasteiger partial charge in [0.2, 0.25) is 5.91 Å². The first-order valence-corrected chi connectivity index (χ1v) is 7.02. The van der Waals surface area contributed by atoms with Crippen LogP contribution in [-0.4, -0.2) is 47.8 Å². The lowest BCUT2D eigenvalue weighted by Gasteiger charge is -2.22. The van der Waals surface area contributed by atoms with Crippen molar-refractivity contribution in [2.24, 2.45) is 0 Å². The molecule has 0 spiro atoms. The van der Waals surface area contributed by atoms with E-state index in [0.29, 0.717) is 32.8 Å². The van der Waals surface area contributed by atoms with Crippen LogP contribution in [0.3, 0.4) is 0 Å². The number of hydrogen-bond donors (Lipinski definition) is 3. The Morgan fingerprint density at radius 2 is 2.23 bits per heavy atom. The first-order chi connectivity index (χ1) is 10.3. The van der Waals surface area contributed by atoms with Gasteiger partial charge in [0.1, 0.15) is 6.04 Å². The molecule has 1 aromatic carbocycles. The van der Waals surface area contributed by atoms with Crippen molar-refractivity contribution in [1.82, 2.24) is 20.2 Å². The maximum absolute atomic E-state index is 11.9. The molecule has 1 aliphatic rings. The van der Waals surface area contributed by atoms with Gasteiger partial charge in [0.25, 0.3) is 0 Å². The zero-order chi connectivity index (χ0) is 14.7. The summed E-state index contributed by atoms with van der Waals surface area (Å²) < 4.78 is 6.87. The number of benzene rings is 1. The zero-order valence-corrected chi connectivity index (χ0v) is 12.8. The van der Waals surface area contributed by atoms with Crippen LogP contribution >= 0.6 is 12.4 Å². The highest BCUT2D eigenvalue weighted by molar-refractivity contribution is 5.85. The molecule has 0 aliphatic carbocycles. The fourth-order valence-corrected chi connectivity index (χ4v) is 2.48. The summed E-state index contributed by atoms with van der Waals surface area (Å²) in [7, 11) is 0. The van der Waals surface area contributed by atoms with Crippen LogP contribution in [0.2, 0.25) is 0 Å². The Labute approximate surface area is 133 Å². The number of amides is 1.